The van der Waals surface area contributed by atoms with Gasteiger partial charge < -0.3 is 19.9 Å². The quantitative estimate of drug-likeness (QED) is 0.804. The molecule has 1 unspecified atom stereocenters. The van der Waals surface area contributed by atoms with E-state index >= 15 is 0 Å². The topological polar surface area (TPSA) is 67.8 Å². The van der Waals surface area contributed by atoms with Gasteiger partial charge in [0.2, 0.25) is 0 Å². The van der Waals surface area contributed by atoms with E-state index in [1.165, 1.54) is 7.11 Å². The first-order valence-electron chi connectivity index (χ1n) is 4.81. The summed E-state index contributed by atoms with van der Waals surface area (Å²) in [6, 6.07) is 7.02. The summed E-state index contributed by atoms with van der Waals surface area (Å²) in [7, 11) is 2.82. The van der Waals surface area contributed by atoms with Gasteiger partial charge in [-0.3, -0.25) is 0 Å². The molecule has 0 aliphatic heterocycles. The van der Waals surface area contributed by atoms with Crippen LogP contribution in [-0.4, -0.2) is 32.0 Å². The van der Waals surface area contributed by atoms with Crippen LogP contribution in [0.25, 0.3) is 0 Å². The number of methoxy groups -OCH3 is 2. The van der Waals surface area contributed by atoms with Crippen molar-refractivity contribution in [2.24, 2.45) is 0 Å². The zero-order chi connectivity index (χ0) is 12.0. The maximum absolute atomic E-state index is 10.8. The van der Waals surface area contributed by atoms with Gasteiger partial charge in [0, 0.05) is 0 Å². The van der Waals surface area contributed by atoms with Crippen LogP contribution in [0, 0.1) is 0 Å². The van der Waals surface area contributed by atoms with Crippen LogP contribution in [0.4, 0.5) is 4.79 Å². The van der Waals surface area contributed by atoms with Crippen LogP contribution < -0.4 is 10.1 Å². The van der Waals surface area contributed by atoms with Gasteiger partial charge in [-0.15, -0.1) is 0 Å². The van der Waals surface area contributed by atoms with Crippen molar-refractivity contribution in [1.82, 2.24) is 5.32 Å². The Balaban J connectivity index is 2.58. The van der Waals surface area contributed by atoms with Crippen molar-refractivity contribution in [3.8, 4) is 5.75 Å². The fourth-order valence-electron chi connectivity index (χ4n) is 1.22. The van der Waals surface area contributed by atoms with E-state index in [4.69, 9.17) is 4.74 Å². The molecule has 0 saturated heterocycles. The first-order chi connectivity index (χ1) is 7.67. The lowest BCUT2D eigenvalue weighted by Crippen LogP contribution is -2.28. The molecule has 0 saturated carbocycles. The monoisotopic (exact) mass is 225 g/mol. The van der Waals surface area contributed by atoms with Crippen molar-refractivity contribution in [2.45, 2.75) is 6.10 Å². The molecule has 1 aromatic carbocycles. The van der Waals surface area contributed by atoms with E-state index in [1.807, 2.05) is 0 Å². The molecule has 1 amide bonds. The number of hydrogen-bond acceptors (Lipinski definition) is 4. The summed E-state index contributed by atoms with van der Waals surface area (Å²) in [5.41, 5.74) is 0.677. The summed E-state index contributed by atoms with van der Waals surface area (Å²) in [4.78, 5) is 10.8. The second kappa shape index (κ2) is 5.97. The third-order valence-electron chi connectivity index (χ3n) is 2.10. The smallest absolute Gasteiger partial charge is 0.406 e. The van der Waals surface area contributed by atoms with Gasteiger partial charge in [0.15, 0.2) is 0 Å². The van der Waals surface area contributed by atoms with E-state index in [1.54, 1.807) is 31.4 Å². The Hall–Kier alpha value is -1.75. The minimum atomic E-state index is -0.783. The van der Waals surface area contributed by atoms with Gasteiger partial charge in [0.1, 0.15) is 5.75 Å². The van der Waals surface area contributed by atoms with Crippen molar-refractivity contribution in [3.05, 3.63) is 29.8 Å². The van der Waals surface area contributed by atoms with Gasteiger partial charge in [0.05, 0.1) is 26.9 Å². The van der Waals surface area contributed by atoms with Crippen LogP contribution in [0.5, 0.6) is 5.75 Å². The third-order valence-corrected chi connectivity index (χ3v) is 2.10. The fourth-order valence-corrected chi connectivity index (χ4v) is 1.22. The maximum Gasteiger partial charge on any atom is 0.406 e. The molecule has 0 aromatic heterocycles. The molecule has 0 bridgehead atoms. The molecule has 1 atom stereocenters. The molecule has 2 N–H and O–H groups in total. The summed E-state index contributed by atoms with van der Waals surface area (Å²) in [5, 5.41) is 12.2. The number of benzene rings is 1. The number of alkyl carbamates (subject to hydrolysis) is 1. The van der Waals surface area contributed by atoms with E-state index in [-0.39, 0.29) is 6.54 Å². The van der Waals surface area contributed by atoms with Crippen molar-refractivity contribution < 1.29 is 19.4 Å². The second-order valence-electron chi connectivity index (χ2n) is 3.16. The van der Waals surface area contributed by atoms with Crippen LogP contribution in [0.1, 0.15) is 11.7 Å². The Labute approximate surface area is 94.0 Å². The summed E-state index contributed by atoms with van der Waals surface area (Å²) in [6.45, 7) is 0.0971. The van der Waals surface area contributed by atoms with E-state index < -0.39 is 12.2 Å². The zero-order valence-corrected chi connectivity index (χ0v) is 9.27. The van der Waals surface area contributed by atoms with Crippen LogP contribution >= 0.6 is 0 Å². The number of aliphatic hydroxyl groups excluding tert-OH is 1. The third kappa shape index (κ3) is 3.43. The Morgan fingerprint density at radius 2 is 2.25 bits per heavy atom. The molecular formula is C11H15NO4. The average molecular weight is 225 g/mol. The SMILES string of the molecule is COC(=O)NCC(O)c1cccc(OC)c1. The summed E-state index contributed by atoms with van der Waals surface area (Å²) in [5.74, 6) is 0.662. The van der Waals surface area contributed by atoms with Crippen LogP contribution in [0.2, 0.25) is 0 Å². The average Bonchev–Trinajstić information content (AvgIpc) is 2.35. The molecule has 5 heteroatoms. The number of carbonyl (C=O) groups excluding carboxylic acids is 1. The van der Waals surface area contributed by atoms with Crippen LogP contribution in [-0.2, 0) is 4.74 Å². The number of ether oxygens (including phenoxy) is 2. The molecular weight excluding hydrogens is 210 g/mol. The van der Waals surface area contributed by atoms with Crippen molar-refractivity contribution >= 4 is 6.09 Å². The number of rotatable bonds is 4. The predicted octanol–water partition coefficient (Wildman–Crippen LogP) is 1.08. The highest BCUT2D eigenvalue weighted by Gasteiger charge is 2.09. The molecule has 0 fully saturated rings. The number of hydrogen-bond donors (Lipinski definition) is 2. The van der Waals surface area contributed by atoms with Gasteiger partial charge in [-0.1, -0.05) is 12.1 Å². The van der Waals surface area contributed by atoms with E-state index in [2.05, 4.69) is 10.1 Å². The van der Waals surface area contributed by atoms with Crippen LogP contribution in [0.15, 0.2) is 24.3 Å². The van der Waals surface area contributed by atoms with E-state index in [9.17, 15) is 9.90 Å². The normalized spacial score (nSPS) is 11.7. The minimum Gasteiger partial charge on any atom is -0.497 e. The standard InChI is InChI=1S/C11H15NO4/c1-15-9-5-3-4-8(6-9)10(13)7-12-11(14)16-2/h3-6,10,13H,7H2,1-2H3,(H,12,14). The molecule has 0 spiro atoms. The number of amides is 1. The fraction of sp³-hybridized carbons (Fsp3) is 0.364. The van der Waals surface area contributed by atoms with Gasteiger partial charge in [-0.2, -0.15) is 0 Å². The molecule has 1 rings (SSSR count). The lowest BCUT2D eigenvalue weighted by atomic mass is 10.1. The summed E-state index contributed by atoms with van der Waals surface area (Å²) >= 11 is 0. The Morgan fingerprint density at radius 3 is 2.88 bits per heavy atom. The molecule has 1 aromatic rings. The lowest BCUT2D eigenvalue weighted by Gasteiger charge is -2.12. The minimum absolute atomic E-state index is 0.0971. The Bertz CT molecular complexity index is 354. The zero-order valence-electron chi connectivity index (χ0n) is 9.27. The number of aliphatic hydroxyl groups is 1. The maximum atomic E-state index is 10.8. The molecule has 88 valence electrons. The number of nitrogens with one attached hydrogen (secondary N) is 1. The van der Waals surface area contributed by atoms with E-state index in [0.29, 0.717) is 11.3 Å². The van der Waals surface area contributed by atoms with Gasteiger partial charge in [-0.05, 0) is 17.7 Å². The van der Waals surface area contributed by atoms with Gasteiger partial charge in [0.25, 0.3) is 0 Å². The van der Waals surface area contributed by atoms with E-state index in [0.717, 1.165) is 0 Å². The van der Waals surface area contributed by atoms with Crippen LogP contribution in [0.3, 0.4) is 0 Å². The molecule has 5 nitrogen and oxygen atoms in total. The predicted molar refractivity (Wildman–Crippen MR) is 58.4 cm³/mol. The number of carbonyl (C=O) groups is 1. The van der Waals surface area contributed by atoms with Gasteiger partial charge >= 0.3 is 6.09 Å². The summed E-state index contributed by atoms with van der Waals surface area (Å²) < 4.78 is 9.42. The molecule has 16 heavy (non-hydrogen) atoms. The first kappa shape index (κ1) is 12.3. The van der Waals surface area contributed by atoms with Crippen molar-refractivity contribution in [1.29, 1.82) is 0 Å². The Kier molecular flexibility index (Phi) is 4.60. The molecule has 0 radical (unpaired) electrons. The highest BCUT2D eigenvalue weighted by molar-refractivity contribution is 5.66. The van der Waals surface area contributed by atoms with Gasteiger partial charge in [-0.25, -0.2) is 4.79 Å². The highest BCUT2D eigenvalue weighted by Crippen LogP contribution is 2.18. The van der Waals surface area contributed by atoms with Crippen molar-refractivity contribution in [2.75, 3.05) is 20.8 Å². The second-order valence-corrected chi connectivity index (χ2v) is 3.16. The Morgan fingerprint density at radius 1 is 1.50 bits per heavy atom. The summed E-state index contributed by atoms with van der Waals surface area (Å²) in [6.07, 6.45) is -1.35. The highest BCUT2D eigenvalue weighted by atomic mass is 16.5. The molecule has 0 aliphatic rings. The molecule has 0 heterocycles. The largest absolute Gasteiger partial charge is 0.497 e. The van der Waals surface area contributed by atoms with Crippen molar-refractivity contribution in [3.63, 3.8) is 0 Å². The molecule has 0 aliphatic carbocycles. The first-order valence-corrected chi connectivity index (χ1v) is 4.81. The lowest BCUT2D eigenvalue weighted by molar-refractivity contribution is 0.147.